The molecule has 2 aromatic carbocycles. The number of nitrogens with two attached hydrogens (primary N) is 1. The van der Waals surface area contributed by atoms with E-state index in [2.05, 4.69) is 20.4 Å². The molecule has 4 aliphatic heterocycles. The van der Waals surface area contributed by atoms with Gasteiger partial charge in [0.15, 0.2) is 0 Å². The average Bonchev–Trinajstić information content (AvgIpc) is 3.62. The van der Waals surface area contributed by atoms with E-state index in [-0.39, 0.29) is 47.5 Å². The Morgan fingerprint density at radius 3 is 2.48 bits per heavy atom. The Morgan fingerprint density at radius 1 is 0.978 bits per heavy atom. The number of anilines is 2. The van der Waals surface area contributed by atoms with Gasteiger partial charge in [0, 0.05) is 70.4 Å². The third-order valence-electron chi connectivity index (χ3n) is 9.21. The van der Waals surface area contributed by atoms with Crippen LogP contribution < -0.4 is 26.0 Å². The summed E-state index contributed by atoms with van der Waals surface area (Å²) in [5, 5.41) is 5.19. The van der Waals surface area contributed by atoms with Crippen LogP contribution in [-0.2, 0) is 14.4 Å². The molecular formula is C32H37N7O7. The highest BCUT2D eigenvalue weighted by atomic mass is 16.5. The number of carbonyl (C=O) groups excluding carboxylic acids is 6. The fourth-order valence-corrected chi connectivity index (χ4v) is 6.59. The predicted molar refractivity (Wildman–Crippen MR) is 166 cm³/mol. The molecule has 6 amide bonds. The summed E-state index contributed by atoms with van der Waals surface area (Å²) in [6.45, 7) is 4.43. The van der Waals surface area contributed by atoms with Crippen LogP contribution in [0.3, 0.4) is 0 Å². The highest BCUT2D eigenvalue weighted by Gasteiger charge is 2.44. The van der Waals surface area contributed by atoms with Crippen LogP contribution in [0.4, 0.5) is 11.4 Å². The van der Waals surface area contributed by atoms with E-state index in [4.69, 9.17) is 10.5 Å². The molecule has 14 nitrogen and oxygen atoms in total. The molecule has 0 radical (unpaired) electrons. The van der Waals surface area contributed by atoms with Gasteiger partial charge in [-0.1, -0.05) is 6.07 Å². The van der Waals surface area contributed by atoms with Crippen molar-refractivity contribution < 1.29 is 33.5 Å². The first kappa shape index (κ1) is 31.0. The number of imide groups is 2. The third kappa shape index (κ3) is 5.99. The van der Waals surface area contributed by atoms with E-state index in [0.29, 0.717) is 56.9 Å². The zero-order valence-electron chi connectivity index (χ0n) is 25.6. The number of carbonyl (C=O) groups is 6. The van der Waals surface area contributed by atoms with Gasteiger partial charge in [0.2, 0.25) is 17.7 Å². The van der Waals surface area contributed by atoms with Crippen LogP contribution in [0.15, 0.2) is 36.4 Å². The number of ether oxygens (including phenoxy) is 1. The second-order valence-corrected chi connectivity index (χ2v) is 12.0. The van der Waals surface area contributed by atoms with Gasteiger partial charge in [-0.05, 0) is 43.2 Å². The standard InChI is InChI=1S/C32H37N7O7/c1-46-25-4-2-3-22(28(25)33)29(42)34-19-9-12-38(18-19)27(41)10-11-36-13-15-37(16-14-36)20-5-6-21-23(17-20)32(45)39(31(21)44)24-7-8-26(40)35-30(24)43/h2-6,17,19,24H,7-16,18,33H2,1H3,(H,34,42)(H,35,40,43)/t19-,24?/m0/s1. The van der Waals surface area contributed by atoms with Crippen molar-refractivity contribution in [3.05, 3.63) is 53.1 Å². The molecular weight excluding hydrogens is 594 g/mol. The number of amides is 6. The van der Waals surface area contributed by atoms with E-state index in [9.17, 15) is 28.8 Å². The molecule has 1 unspecified atom stereocenters. The summed E-state index contributed by atoms with van der Waals surface area (Å²) < 4.78 is 5.20. The summed E-state index contributed by atoms with van der Waals surface area (Å²) in [4.78, 5) is 83.0. The topological polar surface area (TPSA) is 175 Å². The van der Waals surface area contributed by atoms with Crippen molar-refractivity contribution in [3.63, 3.8) is 0 Å². The number of benzene rings is 2. The van der Waals surface area contributed by atoms with E-state index >= 15 is 0 Å². The number of nitrogens with zero attached hydrogens (tertiary/aromatic N) is 4. The fraction of sp³-hybridized carbons (Fsp3) is 0.438. The van der Waals surface area contributed by atoms with Crippen LogP contribution in [0.1, 0.15) is 56.8 Å². The van der Waals surface area contributed by atoms with Crippen molar-refractivity contribution >= 4 is 46.8 Å². The maximum absolute atomic E-state index is 13.2. The van der Waals surface area contributed by atoms with Gasteiger partial charge in [0.25, 0.3) is 17.7 Å². The molecule has 4 aliphatic rings. The monoisotopic (exact) mass is 631 g/mol. The lowest BCUT2D eigenvalue weighted by molar-refractivity contribution is -0.136. The van der Waals surface area contributed by atoms with E-state index in [0.717, 1.165) is 23.7 Å². The lowest BCUT2D eigenvalue weighted by Crippen LogP contribution is -2.54. The van der Waals surface area contributed by atoms with Gasteiger partial charge in [0.1, 0.15) is 11.8 Å². The molecule has 46 heavy (non-hydrogen) atoms. The van der Waals surface area contributed by atoms with E-state index in [1.165, 1.54) is 7.11 Å². The number of para-hydroxylation sites is 1. The molecule has 2 aromatic rings. The van der Waals surface area contributed by atoms with E-state index in [1.54, 1.807) is 35.2 Å². The number of fused-ring (bicyclic) bond motifs is 1. The maximum Gasteiger partial charge on any atom is 0.262 e. The first-order valence-corrected chi connectivity index (χ1v) is 15.5. The number of methoxy groups -OCH3 is 1. The normalized spacial score (nSPS) is 21.8. The lowest BCUT2D eigenvalue weighted by Gasteiger charge is -2.36. The summed E-state index contributed by atoms with van der Waals surface area (Å²) in [6.07, 6.45) is 1.22. The highest BCUT2D eigenvalue weighted by Crippen LogP contribution is 2.31. The zero-order valence-corrected chi connectivity index (χ0v) is 25.6. The fourth-order valence-electron chi connectivity index (χ4n) is 6.59. The Morgan fingerprint density at radius 2 is 1.74 bits per heavy atom. The third-order valence-corrected chi connectivity index (χ3v) is 9.21. The highest BCUT2D eigenvalue weighted by molar-refractivity contribution is 6.23. The number of nitrogens with one attached hydrogen (secondary N) is 2. The lowest BCUT2D eigenvalue weighted by atomic mass is 10.0. The van der Waals surface area contributed by atoms with Crippen LogP contribution in [-0.4, -0.2) is 115 Å². The molecule has 0 spiro atoms. The molecule has 14 heteroatoms. The Hall–Kier alpha value is -4.98. The van der Waals surface area contributed by atoms with E-state index < -0.39 is 29.7 Å². The minimum atomic E-state index is -0.997. The van der Waals surface area contributed by atoms with Crippen LogP contribution in [0.5, 0.6) is 5.75 Å². The molecule has 3 fully saturated rings. The zero-order chi connectivity index (χ0) is 32.5. The molecule has 242 valence electrons. The molecule has 0 saturated carbocycles. The summed E-state index contributed by atoms with van der Waals surface area (Å²) in [7, 11) is 1.50. The van der Waals surface area contributed by atoms with Gasteiger partial charge < -0.3 is 25.6 Å². The SMILES string of the molecule is COc1cccc(C(=O)N[C@H]2CCN(C(=O)CCN3CCN(c4ccc5c(c4)C(=O)N(C4CCC(=O)NC4=O)C5=O)CC3)C2)c1N. The van der Waals surface area contributed by atoms with Gasteiger partial charge in [-0.25, -0.2) is 0 Å². The summed E-state index contributed by atoms with van der Waals surface area (Å²) in [6, 6.07) is 9.03. The van der Waals surface area contributed by atoms with Gasteiger partial charge in [-0.2, -0.15) is 0 Å². The Balaban J connectivity index is 0.967. The largest absolute Gasteiger partial charge is 0.495 e. The number of rotatable bonds is 8. The summed E-state index contributed by atoms with van der Waals surface area (Å²) >= 11 is 0. The Bertz CT molecular complexity index is 1600. The number of nitrogen functional groups attached to an aromatic ring is 1. The second-order valence-electron chi connectivity index (χ2n) is 12.0. The van der Waals surface area contributed by atoms with Crippen molar-refractivity contribution in [3.8, 4) is 5.75 Å². The summed E-state index contributed by atoms with van der Waals surface area (Å²) in [5.74, 6) is -1.90. The van der Waals surface area contributed by atoms with Crippen molar-refractivity contribution in [2.75, 3.05) is 63.6 Å². The maximum atomic E-state index is 13.2. The van der Waals surface area contributed by atoms with E-state index in [1.807, 2.05) is 6.07 Å². The van der Waals surface area contributed by atoms with Crippen LogP contribution in [0.25, 0.3) is 0 Å². The van der Waals surface area contributed by atoms with Crippen molar-refractivity contribution in [2.24, 2.45) is 0 Å². The molecule has 0 bridgehead atoms. The number of hydrogen-bond donors (Lipinski definition) is 3. The predicted octanol–water partition coefficient (Wildman–Crippen LogP) is 0.222. The van der Waals surface area contributed by atoms with Gasteiger partial charge >= 0.3 is 0 Å². The quantitative estimate of drug-likeness (QED) is 0.270. The van der Waals surface area contributed by atoms with Crippen molar-refractivity contribution in [1.82, 2.24) is 25.3 Å². The van der Waals surface area contributed by atoms with Crippen LogP contribution in [0, 0.1) is 0 Å². The second kappa shape index (κ2) is 12.8. The Labute approximate surface area is 265 Å². The Kier molecular flexibility index (Phi) is 8.63. The minimum absolute atomic E-state index is 0.0439. The minimum Gasteiger partial charge on any atom is -0.495 e. The molecule has 4 heterocycles. The summed E-state index contributed by atoms with van der Waals surface area (Å²) in [5.41, 5.74) is 8.00. The molecule has 4 N–H and O–H groups in total. The number of piperazine rings is 1. The number of likely N-dealkylation sites (tertiary alicyclic amines) is 1. The van der Waals surface area contributed by atoms with Crippen LogP contribution in [0.2, 0.25) is 0 Å². The van der Waals surface area contributed by atoms with Crippen LogP contribution >= 0.6 is 0 Å². The molecule has 3 saturated heterocycles. The van der Waals surface area contributed by atoms with Gasteiger partial charge in [-0.3, -0.25) is 43.9 Å². The van der Waals surface area contributed by atoms with Gasteiger partial charge in [0.05, 0.1) is 29.5 Å². The van der Waals surface area contributed by atoms with Crippen molar-refractivity contribution in [2.45, 2.75) is 37.8 Å². The van der Waals surface area contributed by atoms with Crippen molar-refractivity contribution in [1.29, 1.82) is 0 Å². The molecule has 6 rings (SSSR count). The first-order chi connectivity index (χ1) is 22.1. The number of hydrogen-bond acceptors (Lipinski definition) is 10. The number of piperidine rings is 1. The molecule has 0 aromatic heterocycles. The molecule has 0 aliphatic carbocycles. The van der Waals surface area contributed by atoms with Gasteiger partial charge in [-0.15, -0.1) is 0 Å². The first-order valence-electron chi connectivity index (χ1n) is 15.5. The average molecular weight is 632 g/mol. The smallest absolute Gasteiger partial charge is 0.262 e. The molecule has 2 atom stereocenters.